The number of ether oxygens (including phenoxy) is 1. The molecule has 0 unspecified atom stereocenters. The van der Waals surface area contributed by atoms with Gasteiger partial charge in [-0.3, -0.25) is 19.4 Å². The number of hydrogen-bond donors (Lipinski definition) is 0. The number of nitrogens with zero attached hydrogens (tertiary/aromatic N) is 1. The summed E-state index contributed by atoms with van der Waals surface area (Å²) in [6.07, 6.45) is 1.45. The smallest absolute Gasteiger partial charge is 0.316 e. The van der Waals surface area contributed by atoms with Crippen LogP contribution in [0, 0.1) is 17.3 Å². The van der Waals surface area contributed by atoms with Crippen molar-refractivity contribution in [1.82, 2.24) is 0 Å². The highest BCUT2D eigenvalue weighted by atomic mass is 16.5. The predicted octanol–water partition coefficient (Wildman–Crippen LogP) is 1.83. The van der Waals surface area contributed by atoms with E-state index in [1.165, 1.54) is 7.11 Å². The third kappa shape index (κ3) is 2.97. The lowest BCUT2D eigenvalue weighted by Gasteiger charge is -2.39. The zero-order valence-corrected chi connectivity index (χ0v) is 12.9. The molecule has 0 radical (unpaired) electrons. The van der Waals surface area contributed by atoms with E-state index < -0.39 is 23.2 Å². The molecule has 0 aromatic carbocycles. The minimum atomic E-state index is -0.899. The van der Waals surface area contributed by atoms with Crippen molar-refractivity contribution in [3.63, 3.8) is 0 Å². The fraction of sp³-hybridized carbons (Fsp3) is 0.733. The van der Waals surface area contributed by atoms with E-state index in [-0.39, 0.29) is 11.6 Å². The van der Waals surface area contributed by atoms with Gasteiger partial charge < -0.3 is 4.74 Å². The number of methoxy groups -OCH3 is 1. The van der Waals surface area contributed by atoms with Gasteiger partial charge in [0.15, 0.2) is 5.78 Å². The summed E-state index contributed by atoms with van der Waals surface area (Å²) < 4.78 is 4.74. The molecule has 0 aliphatic heterocycles. The van der Waals surface area contributed by atoms with Gasteiger partial charge in [-0.2, -0.15) is 0 Å². The standard InChI is InChI=1S/C15H23NO4/c1-6-7-10(17)11-9(16-4)8-15(2,3)12(13(11)18)14(19)20-5/h11-12H,6-8H2,1-5H3/t11-,12-/m1/s1. The van der Waals surface area contributed by atoms with Crippen LogP contribution in [-0.2, 0) is 19.1 Å². The Kier molecular flexibility index (Phi) is 5.20. The third-order valence-electron chi connectivity index (χ3n) is 3.86. The first-order chi connectivity index (χ1) is 9.30. The summed E-state index contributed by atoms with van der Waals surface area (Å²) in [5.74, 6) is -2.86. The summed E-state index contributed by atoms with van der Waals surface area (Å²) in [6, 6.07) is 0. The van der Waals surface area contributed by atoms with Crippen LogP contribution >= 0.6 is 0 Å². The van der Waals surface area contributed by atoms with Crippen molar-refractivity contribution in [2.75, 3.05) is 14.2 Å². The van der Waals surface area contributed by atoms with Crippen molar-refractivity contribution in [3.8, 4) is 0 Å². The van der Waals surface area contributed by atoms with Crippen LogP contribution in [0.3, 0.4) is 0 Å². The van der Waals surface area contributed by atoms with Crippen LogP contribution < -0.4 is 0 Å². The van der Waals surface area contributed by atoms with E-state index in [0.29, 0.717) is 25.0 Å². The maximum absolute atomic E-state index is 12.6. The molecule has 0 saturated heterocycles. The highest BCUT2D eigenvalue weighted by molar-refractivity contribution is 6.26. The van der Waals surface area contributed by atoms with Gasteiger partial charge in [0.05, 0.1) is 7.11 Å². The molecule has 0 heterocycles. The summed E-state index contributed by atoms with van der Waals surface area (Å²) in [7, 11) is 2.85. The molecule has 0 amide bonds. The topological polar surface area (TPSA) is 72.8 Å². The van der Waals surface area contributed by atoms with Gasteiger partial charge >= 0.3 is 5.97 Å². The van der Waals surface area contributed by atoms with Crippen molar-refractivity contribution in [2.45, 2.75) is 40.0 Å². The molecule has 0 aromatic heterocycles. The molecule has 5 nitrogen and oxygen atoms in total. The van der Waals surface area contributed by atoms with Gasteiger partial charge in [0.1, 0.15) is 17.6 Å². The largest absolute Gasteiger partial charge is 0.468 e. The first-order valence-corrected chi connectivity index (χ1v) is 6.90. The lowest BCUT2D eigenvalue weighted by Crippen LogP contribution is -2.52. The van der Waals surface area contributed by atoms with E-state index >= 15 is 0 Å². The number of ketones is 2. The second kappa shape index (κ2) is 6.29. The number of esters is 1. The number of hydrogen-bond acceptors (Lipinski definition) is 5. The normalized spacial score (nSPS) is 27.4. The van der Waals surface area contributed by atoms with Crippen LogP contribution in [0.2, 0.25) is 0 Å². The number of aliphatic imine (C=N–C) groups is 1. The van der Waals surface area contributed by atoms with Crippen LogP contribution in [0.25, 0.3) is 0 Å². The lowest BCUT2D eigenvalue weighted by atomic mass is 9.62. The number of carbonyl (C=O) groups is 3. The van der Waals surface area contributed by atoms with Gasteiger partial charge in [-0.1, -0.05) is 20.8 Å². The van der Waals surface area contributed by atoms with Crippen molar-refractivity contribution in [2.24, 2.45) is 22.2 Å². The Hall–Kier alpha value is -1.52. The van der Waals surface area contributed by atoms with Gasteiger partial charge in [0, 0.05) is 19.2 Å². The van der Waals surface area contributed by atoms with Gasteiger partial charge in [-0.25, -0.2) is 0 Å². The van der Waals surface area contributed by atoms with Crippen LogP contribution in [0.4, 0.5) is 0 Å². The van der Waals surface area contributed by atoms with Gasteiger partial charge in [0.25, 0.3) is 0 Å². The molecular weight excluding hydrogens is 258 g/mol. The molecule has 1 fully saturated rings. The van der Waals surface area contributed by atoms with Crippen molar-refractivity contribution in [1.29, 1.82) is 0 Å². The highest BCUT2D eigenvalue weighted by Crippen LogP contribution is 2.41. The molecule has 0 N–H and O–H groups in total. The fourth-order valence-corrected chi connectivity index (χ4v) is 2.88. The predicted molar refractivity (Wildman–Crippen MR) is 75.7 cm³/mol. The SMILES string of the molecule is CCCC(=O)[C@@H]1C(=O)[C@H](C(=O)OC)C(C)(C)CC1=NC. The fourth-order valence-electron chi connectivity index (χ4n) is 2.88. The van der Waals surface area contributed by atoms with Crippen LogP contribution in [0.1, 0.15) is 40.0 Å². The van der Waals surface area contributed by atoms with Crippen molar-refractivity contribution < 1.29 is 19.1 Å². The Morgan fingerprint density at radius 1 is 1.40 bits per heavy atom. The summed E-state index contributed by atoms with van der Waals surface area (Å²) in [6.45, 7) is 5.55. The van der Waals surface area contributed by atoms with E-state index in [0.717, 1.165) is 0 Å². The lowest BCUT2D eigenvalue weighted by molar-refractivity contribution is -0.156. The molecule has 0 bridgehead atoms. The molecule has 20 heavy (non-hydrogen) atoms. The second-order valence-electron chi connectivity index (χ2n) is 5.89. The monoisotopic (exact) mass is 281 g/mol. The molecule has 2 atom stereocenters. The summed E-state index contributed by atoms with van der Waals surface area (Å²) >= 11 is 0. The van der Waals surface area contributed by atoms with E-state index in [1.807, 2.05) is 20.8 Å². The molecule has 0 spiro atoms. The zero-order chi connectivity index (χ0) is 15.5. The Morgan fingerprint density at radius 3 is 2.45 bits per heavy atom. The van der Waals surface area contributed by atoms with Crippen molar-refractivity contribution in [3.05, 3.63) is 0 Å². The zero-order valence-electron chi connectivity index (χ0n) is 12.9. The van der Waals surface area contributed by atoms with Gasteiger partial charge in [-0.15, -0.1) is 0 Å². The maximum Gasteiger partial charge on any atom is 0.316 e. The molecule has 1 saturated carbocycles. The summed E-state index contributed by atoms with van der Waals surface area (Å²) in [5.41, 5.74) is 0.000705. The molecule has 1 aliphatic rings. The van der Waals surface area contributed by atoms with Crippen LogP contribution in [0.15, 0.2) is 4.99 Å². The van der Waals surface area contributed by atoms with Crippen molar-refractivity contribution >= 4 is 23.2 Å². The van der Waals surface area contributed by atoms with E-state index in [4.69, 9.17) is 4.74 Å². The van der Waals surface area contributed by atoms with E-state index in [9.17, 15) is 14.4 Å². The molecule has 0 aromatic rings. The quantitative estimate of drug-likeness (QED) is 0.582. The average Bonchev–Trinajstić information content (AvgIpc) is 2.36. The number of rotatable bonds is 4. The molecular formula is C15H23NO4. The Labute approximate surface area is 119 Å². The average molecular weight is 281 g/mol. The molecule has 1 rings (SSSR count). The molecule has 5 heteroatoms. The third-order valence-corrected chi connectivity index (χ3v) is 3.86. The minimum Gasteiger partial charge on any atom is -0.468 e. The summed E-state index contributed by atoms with van der Waals surface area (Å²) in [4.78, 5) is 40.9. The van der Waals surface area contributed by atoms with E-state index in [1.54, 1.807) is 7.05 Å². The molecule has 112 valence electrons. The second-order valence-corrected chi connectivity index (χ2v) is 5.89. The Bertz CT molecular complexity index is 451. The van der Waals surface area contributed by atoms with E-state index in [2.05, 4.69) is 4.99 Å². The highest BCUT2D eigenvalue weighted by Gasteiger charge is 2.52. The minimum absolute atomic E-state index is 0.150. The van der Waals surface area contributed by atoms with Crippen LogP contribution in [-0.4, -0.2) is 37.4 Å². The number of carbonyl (C=O) groups excluding carboxylic acids is 3. The van der Waals surface area contributed by atoms with Gasteiger partial charge in [0.2, 0.25) is 0 Å². The number of Topliss-reactive ketones (excluding diaryl/α,β-unsaturated/α-hetero) is 2. The molecule has 1 aliphatic carbocycles. The maximum atomic E-state index is 12.6. The van der Waals surface area contributed by atoms with Crippen LogP contribution in [0.5, 0.6) is 0 Å². The summed E-state index contributed by atoms with van der Waals surface area (Å²) in [5, 5.41) is 0. The first kappa shape index (κ1) is 16.5. The van der Waals surface area contributed by atoms with Gasteiger partial charge in [-0.05, 0) is 18.3 Å². The Balaban J connectivity index is 3.22. The Morgan fingerprint density at radius 2 is 2.00 bits per heavy atom. The first-order valence-electron chi connectivity index (χ1n) is 6.90.